The van der Waals surface area contributed by atoms with Gasteiger partial charge in [0.2, 0.25) is 5.76 Å². The minimum absolute atomic E-state index is 0.219. The van der Waals surface area contributed by atoms with Gasteiger partial charge in [-0.25, -0.2) is 4.79 Å². The van der Waals surface area contributed by atoms with Gasteiger partial charge in [0.15, 0.2) is 11.5 Å². The number of carboxylic acids is 1. The summed E-state index contributed by atoms with van der Waals surface area (Å²) in [6.45, 7) is -1.85. The molecule has 0 bridgehead atoms. The van der Waals surface area contributed by atoms with E-state index in [1.54, 1.807) is 0 Å². The first-order chi connectivity index (χ1) is 8.29. The first-order valence-corrected chi connectivity index (χ1v) is 4.80. The minimum Gasteiger partial charge on any atom is -0.475 e. The predicted octanol–water partition coefficient (Wildman–Crippen LogP) is 2.13. The van der Waals surface area contributed by atoms with Crippen molar-refractivity contribution in [1.82, 2.24) is 0 Å². The lowest BCUT2D eigenvalue weighted by Gasteiger charge is -2.06. The number of halogens is 3. The number of alkyl halides is 3. The third-order valence-corrected chi connectivity index (χ3v) is 1.83. The normalized spacial score (nSPS) is 11.5. The van der Waals surface area contributed by atoms with E-state index in [0.717, 1.165) is 12.1 Å². The zero-order valence-corrected chi connectivity index (χ0v) is 8.99. The van der Waals surface area contributed by atoms with E-state index in [1.807, 2.05) is 0 Å². The number of carbonyl (C=O) groups is 2. The maximum atomic E-state index is 11.7. The van der Waals surface area contributed by atoms with Crippen LogP contribution in [0.4, 0.5) is 13.2 Å². The van der Waals surface area contributed by atoms with Gasteiger partial charge >= 0.3 is 12.1 Å². The number of Topliss-reactive ketones (excluding diaryl/α,β-unsaturated/α-hetero) is 1. The predicted molar refractivity (Wildman–Crippen MR) is 51.5 cm³/mol. The van der Waals surface area contributed by atoms with E-state index in [4.69, 9.17) is 5.11 Å². The number of rotatable bonds is 6. The molecule has 0 aliphatic carbocycles. The number of carbonyl (C=O) groups excluding carboxylic acids is 1. The molecule has 0 saturated carbocycles. The van der Waals surface area contributed by atoms with Gasteiger partial charge in [0.25, 0.3) is 0 Å². The van der Waals surface area contributed by atoms with Gasteiger partial charge in [-0.3, -0.25) is 4.79 Å². The van der Waals surface area contributed by atoms with Crippen molar-refractivity contribution < 1.29 is 37.0 Å². The monoisotopic (exact) mass is 266 g/mol. The van der Waals surface area contributed by atoms with E-state index in [-0.39, 0.29) is 12.2 Å². The van der Waals surface area contributed by atoms with Gasteiger partial charge in [0.05, 0.1) is 6.61 Å². The van der Waals surface area contributed by atoms with E-state index < -0.39 is 36.9 Å². The zero-order chi connectivity index (χ0) is 13.8. The lowest BCUT2D eigenvalue weighted by Crippen LogP contribution is -2.18. The molecule has 0 amide bonds. The van der Waals surface area contributed by atoms with Gasteiger partial charge in [0, 0.05) is 6.42 Å². The van der Waals surface area contributed by atoms with E-state index in [9.17, 15) is 22.8 Å². The van der Waals surface area contributed by atoms with Gasteiger partial charge in [0.1, 0.15) is 6.61 Å². The molecule has 0 saturated heterocycles. The summed E-state index contributed by atoms with van der Waals surface area (Å²) in [5.74, 6) is -2.58. The molecule has 8 heteroatoms. The fraction of sp³-hybridized carbons (Fsp3) is 0.400. The largest absolute Gasteiger partial charge is 0.475 e. The molecule has 18 heavy (non-hydrogen) atoms. The highest BCUT2D eigenvalue weighted by molar-refractivity contribution is 5.95. The first-order valence-electron chi connectivity index (χ1n) is 4.80. The molecule has 0 aromatic carbocycles. The Morgan fingerprint density at radius 1 is 1.28 bits per heavy atom. The molecule has 1 rings (SSSR count). The Balaban J connectivity index is 2.39. The van der Waals surface area contributed by atoms with Crippen molar-refractivity contribution in [3.8, 4) is 0 Å². The molecule has 100 valence electrons. The number of aromatic carboxylic acids is 1. The summed E-state index contributed by atoms with van der Waals surface area (Å²) in [5.41, 5.74) is 0. The standard InChI is InChI=1S/C10H9F3O5/c11-10(12,13)5-17-4-3-6(14)7-1-2-8(18-7)9(15)16/h1-2H,3-5H2,(H,15,16). The van der Waals surface area contributed by atoms with Crippen molar-refractivity contribution in [2.75, 3.05) is 13.2 Å². The molecular formula is C10H9F3O5. The van der Waals surface area contributed by atoms with E-state index in [1.165, 1.54) is 0 Å². The molecule has 1 N–H and O–H groups in total. The van der Waals surface area contributed by atoms with Crippen LogP contribution in [0.25, 0.3) is 0 Å². The Bertz CT molecular complexity index is 435. The number of hydrogen-bond donors (Lipinski definition) is 1. The fourth-order valence-electron chi connectivity index (χ4n) is 1.08. The lowest BCUT2D eigenvalue weighted by molar-refractivity contribution is -0.173. The Morgan fingerprint density at radius 3 is 2.39 bits per heavy atom. The van der Waals surface area contributed by atoms with Crippen LogP contribution >= 0.6 is 0 Å². The van der Waals surface area contributed by atoms with Crippen LogP contribution in [0.1, 0.15) is 27.5 Å². The van der Waals surface area contributed by atoms with Crippen LogP contribution in [0.2, 0.25) is 0 Å². The lowest BCUT2D eigenvalue weighted by atomic mass is 10.2. The van der Waals surface area contributed by atoms with Crippen LogP contribution < -0.4 is 0 Å². The second-order valence-corrected chi connectivity index (χ2v) is 3.31. The zero-order valence-electron chi connectivity index (χ0n) is 8.99. The molecular weight excluding hydrogens is 257 g/mol. The van der Waals surface area contributed by atoms with E-state index in [2.05, 4.69) is 9.15 Å². The van der Waals surface area contributed by atoms with Crippen LogP contribution in [-0.2, 0) is 4.74 Å². The van der Waals surface area contributed by atoms with Crippen molar-refractivity contribution in [2.24, 2.45) is 0 Å². The fourth-order valence-corrected chi connectivity index (χ4v) is 1.08. The second kappa shape index (κ2) is 5.67. The highest BCUT2D eigenvalue weighted by atomic mass is 19.4. The molecule has 1 aromatic heterocycles. The molecule has 0 aliphatic heterocycles. The Labute approximate surface area is 99.1 Å². The van der Waals surface area contributed by atoms with Crippen LogP contribution in [0.5, 0.6) is 0 Å². The van der Waals surface area contributed by atoms with Gasteiger partial charge in [-0.15, -0.1) is 0 Å². The number of hydrogen-bond acceptors (Lipinski definition) is 4. The number of ether oxygens (including phenoxy) is 1. The van der Waals surface area contributed by atoms with Crippen molar-refractivity contribution >= 4 is 11.8 Å². The maximum absolute atomic E-state index is 11.7. The first kappa shape index (κ1) is 14.2. The van der Waals surface area contributed by atoms with Crippen LogP contribution in [-0.4, -0.2) is 36.2 Å². The molecule has 0 spiro atoms. The van der Waals surface area contributed by atoms with Crippen LogP contribution in [0, 0.1) is 0 Å². The highest BCUT2D eigenvalue weighted by Crippen LogP contribution is 2.15. The number of carboxylic acid groups (broad SMARTS) is 1. The highest BCUT2D eigenvalue weighted by Gasteiger charge is 2.27. The van der Waals surface area contributed by atoms with Crippen LogP contribution in [0.3, 0.4) is 0 Å². The summed E-state index contributed by atoms with van der Waals surface area (Å²) in [4.78, 5) is 21.8. The maximum Gasteiger partial charge on any atom is 0.411 e. The molecule has 0 aliphatic rings. The summed E-state index contributed by atoms with van der Waals surface area (Å²) in [6.07, 6.45) is -4.76. The molecule has 0 atom stereocenters. The Morgan fingerprint density at radius 2 is 1.89 bits per heavy atom. The molecule has 5 nitrogen and oxygen atoms in total. The molecule has 1 aromatic rings. The summed E-state index contributed by atoms with van der Waals surface area (Å²) >= 11 is 0. The van der Waals surface area contributed by atoms with Crippen LogP contribution in [0.15, 0.2) is 16.5 Å². The quantitative estimate of drug-likeness (QED) is 0.630. The average molecular weight is 266 g/mol. The SMILES string of the molecule is O=C(O)c1ccc(C(=O)CCOCC(F)(F)F)o1. The van der Waals surface area contributed by atoms with Gasteiger partial charge in [-0.05, 0) is 12.1 Å². The number of ketones is 1. The third-order valence-electron chi connectivity index (χ3n) is 1.83. The van der Waals surface area contributed by atoms with Crippen molar-refractivity contribution in [2.45, 2.75) is 12.6 Å². The smallest absolute Gasteiger partial charge is 0.411 e. The van der Waals surface area contributed by atoms with Gasteiger partial charge in [-0.2, -0.15) is 13.2 Å². The van der Waals surface area contributed by atoms with E-state index in [0.29, 0.717) is 0 Å². The molecule has 0 radical (unpaired) electrons. The Kier molecular flexibility index (Phi) is 4.49. The summed E-state index contributed by atoms with van der Waals surface area (Å²) in [7, 11) is 0. The topological polar surface area (TPSA) is 76.7 Å². The molecule has 0 fully saturated rings. The van der Waals surface area contributed by atoms with Crippen molar-refractivity contribution in [3.05, 3.63) is 23.7 Å². The Hall–Kier alpha value is -1.83. The van der Waals surface area contributed by atoms with Crippen molar-refractivity contribution in [1.29, 1.82) is 0 Å². The molecule has 1 heterocycles. The average Bonchev–Trinajstić information content (AvgIpc) is 2.72. The van der Waals surface area contributed by atoms with Gasteiger partial charge < -0.3 is 14.3 Å². The van der Waals surface area contributed by atoms with Gasteiger partial charge in [-0.1, -0.05) is 0 Å². The summed E-state index contributed by atoms with van der Waals surface area (Å²) in [5, 5.41) is 8.53. The number of furan rings is 1. The van der Waals surface area contributed by atoms with E-state index >= 15 is 0 Å². The minimum atomic E-state index is -4.44. The molecule has 0 unspecified atom stereocenters. The van der Waals surface area contributed by atoms with Crippen molar-refractivity contribution in [3.63, 3.8) is 0 Å². The second-order valence-electron chi connectivity index (χ2n) is 3.31. The third kappa shape index (κ3) is 4.58. The summed E-state index contributed by atoms with van der Waals surface area (Å²) < 4.78 is 44.0. The summed E-state index contributed by atoms with van der Waals surface area (Å²) in [6, 6.07) is 2.24.